The molecule has 1 spiro atoms. The number of likely N-dealkylation sites (tertiary alicyclic amines) is 1. The van der Waals surface area contributed by atoms with Gasteiger partial charge in [0.2, 0.25) is 11.8 Å². The van der Waals surface area contributed by atoms with Crippen molar-refractivity contribution in [3.05, 3.63) is 60.2 Å². The number of carbonyl (C=O) groups excluding carboxylic acids is 3. The van der Waals surface area contributed by atoms with Crippen molar-refractivity contribution in [2.75, 3.05) is 19.8 Å². The summed E-state index contributed by atoms with van der Waals surface area (Å²) in [6, 6.07) is 7.86. The minimum absolute atomic E-state index is 0.225. The van der Waals surface area contributed by atoms with Gasteiger partial charge in [-0.3, -0.25) is 14.4 Å². The Morgan fingerprint density at radius 1 is 1.05 bits per heavy atom. The Morgan fingerprint density at radius 3 is 2.46 bits per heavy atom. The van der Waals surface area contributed by atoms with Crippen LogP contribution in [0.25, 0.3) is 0 Å². The van der Waals surface area contributed by atoms with Crippen molar-refractivity contribution in [1.82, 2.24) is 9.80 Å². The van der Waals surface area contributed by atoms with Crippen LogP contribution in [0, 0.1) is 11.8 Å². The molecule has 0 bridgehead atoms. The predicted molar refractivity (Wildman–Crippen MR) is 136 cm³/mol. The lowest BCUT2D eigenvalue weighted by Crippen LogP contribution is -2.61. The minimum atomic E-state index is -1.37. The summed E-state index contributed by atoms with van der Waals surface area (Å²) in [5.41, 5.74) is -2.07. The quantitative estimate of drug-likeness (QED) is 0.495. The molecule has 1 N–H and O–H groups in total. The second-order valence-electron chi connectivity index (χ2n) is 11.6. The summed E-state index contributed by atoms with van der Waals surface area (Å²) in [4.78, 5) is 45.4. The molecule has 1 aromatic rings. The summed E-state index contributed by atoms with van der Waals surface area (Å²) in [5.74, 6) is -2.99. The molecular weight excluding hydrogens is 472 g/mol. The molecule has 4 heterocycles. The number of aliphatic hydroxyl groups excluding tert-OH is 1. The van der Waals surface area contributed by atoms with Gasteiger partial charge in [0.1, 0.15) is 17.6 Å². The van der Waals surface area contributed by atoms with E-state index in [1.54, 1.807) is 11.8 Å². The maximum absolute atomic E-state index is 14.4. The lowest BCUT2D eigenvalue weighted by molar-refractivity contribution is -0.163. The maximum atomic E-state index is 14.4. The fourth-order valence-corrected chi connectivity index (χ4v) is 6.56. The summed E-state index contributed by atoms with van der Waals surface area (Å²) < 4.78 is 12.3. The molecule has 6 atom stereocenters. The van der Waals surface area contributed by atoms with Crippen molar-refractivity contribution in [2.24, 2.45) is 11.8 Å². The molecule has 198 valence electrons. The van der Waals surface area contributed by atoms with Crippen molar-refractivity contribution in [3.8, 4) is 0 Å². The van der Waals surface area contributed by atoms with Crippen LogP contribution < -0.4 is 0 Å². The van der Waals surface area contributed by atoms with Gasteiger partial charge in [-0.25, -0.2) is 0 Å². The summed E-state index contributed by atoms with van der Waals surface area (Å²) in [7, 11) is 0. The Balaban J connectivity index is 1.67. The molecule has 5 rings (SSSR count). The highest BCUT2D eigenvalue weighted by Gasteiger charge is 2.75. The normalized spacial score (nSPS) is 34.3. The topological polar surface area (TPSA) is 96.4 Å². The van der Waals surface area contributed by atoms with Gasteiger partial charge in [-0.15, -0.1) is 0 Å². The first kappa shape index (κ1) is 25.7. The predicted octanol–water partition coefficient (Wildman–Crippen LogP) is 2.26. The Labute approximate surface area is 217 Å². The molecule has 8 nitrogen and oxygen atoms in total. The van der Waals surface area contributed by atoms with Crippen molar-refractivity contribution in [2.45, 2.75) is 69.4 Å². The number of amides is 2. The lowest BCUT2D eigenvalue weighted by atomic mass is 9.74. The summed E-state index contributed by atoms with van der Waals surface area (Å²) in [5, 5.41) is 10.5. The lowest BCUT2D eigenvalue weighted by Gasteiger charge is -2.43. The van der Waals surface area contributed by atoms with Gasteiger partial charge in [0.15, 0.2) is 0 Å². The van der Waals surface area contributed by atoms with Crippen LogP contribution in [0.4, 0.5) is 0 Å². The van der Waals surface area contributed by atoms with Crippen molar-refractivity contribution < 1.29 is 29.0 Å². The number of nitrogens with zero attached hydrogens (tertiary/aromatic N) is 2. The number of ether oxygens (including phenoxy) is 2. The molecule has 1 aromatic carbocycles. The zero-order valence-corrected chi connectivity index (χ0v) is 21.9. The number of benzene rings is 1. The number of fused-ring (bicyclic) bond motifs is 2. The fourth-order valence-electron chi connectivity index (χ4n) is 6.56. The highest BCUT2D eigenvalue weighted by molar-refractivity contribution is 5.99. The van der Waals surface area contributed by atoms with Gasteiger partial charge < -0.3 is 24.4 Å². The Kier molecular flexibility index (Phi) is 6.31. The molecule has 37 heavy (non-hydrogen) atoms. The minimum Gasteiger partial charge on any atom is -0.465 e. The van der Waals surface area contributed by atoms with E-state index in [0.29, 0.717) is 19.4 Å². The molecule has 1 unspecified atom stereocenters. The molecule has 2 saturated heterocycles. The number of hydrogen-bond acceptors (Lipinski definition) is 6. The van der Waals surface area contributed by atoms with Crippen molar-refractivity contribution in [1.29, 1.82) is 0 Å². The van der Waals surface area contributed by atoms with Crippen LogP contribution >= 0.6 is 0 Å². The first-order valence-corrected chi connectivity index (χ1v) is 13.0. The van der Waals surface area contributed by atoms with Crippen LogP contribution in [-0.4, -0.2) is 81.3 Å². The van der Waals surface area contributed by atoms with Crippen LogP contribution in [0.15, 0.2) is 54.6 Å². The largest absolute Gasteiger partial charge is 0.465 e. The third-order valence-electron chi connectivity index (χ3n) is 8.19. The Morgan fingerprint density at radius 2 is 1.78 bits per heavy atom. The van der Waals surface area contributed by atoms with E-state index in [9.17, 15) is 19.5 Å². The third-order valence-corrected chi connectivity index (χ3v) is 8.19. The number of cyclic esters (lactones) is 1. The van der Waals surface area contributed by atoms with E-state index in [4.69, 9.17) is 9.47 Å². The maximum Gasteiger partial charge on any atom is 0.313 e. The van der Waals surface area contributed by atoms with Crippen molar-refractivity contribution >= 4 is 17.8 Å². The van der Waals surface area contributed by atoms with E-state index in [1.165, 1.54) is 4.90 Å². The summed E-state index contributed by atoms with van der Waals surface area (Å²) in [6.45, 7) is 7.89. The Bertz CT molecular complexity index is 1140. The smallest absolute Gasteiger partial charge is 0.313 e. The number of esters is 1. The van der Waals surface area contributed by atoms with Gasteiger partial charge in [0, 0.05) is 12.1 Å². The molecule has 0 saturated carbocycles. The van der Waals surface area contributed by atoms with E-state index >= 15 is 0 Å². The van der Waals surface area contributed by atoms with Gasteiger partial charge in [-0.1, -0.05) is 54.6 Å². The van der Waals surface area contributed by atoms with E-state index < -0.39 is 46.6 Å². The average Bonchev–Trinajstić information content (AvgIpc) is 3.16. The van der Waals surface area contributed by atoms with Crippen molar-refractivity contribution in [3.63, 3.8) is 0 Å². The molecular formula is C29H36N2O6. The second-order valence-corrected chi connectivity index (χ2v) is 11.6. The van der Waals surface area contributed by atoms with E-state index in [0.717, 1.165) is 5.56 Å². The third kappa shape index (κ3) is 4.01. The molecule has 4 aliphatic heterocycles. The molecule has 2 amide bonds. The van der Waals surface area contributed by atoms with Crippen LogP contribution in [0.5, 0.6) is 0 Å². The van der Waals surface area contributed by atoms with Gasteiger partial charge in [-0.2, -0.15) is 0 Å². The highest BCUT2D eigenvalue weighted by Crippen LogP contribution is 2.57. The van der Waals surface area contributed by atoms with Crippen LogP contribution in [-0.2, 0) is 30.3 Å². The Hall–Kier alpha value is -2.97. The number of aliphatic hydroxyl groups is 1. The zero-order valence-electron chi connectivity index (χ0n) is 21.9. The van der Waals surface area contributed by atoms with Crippen LogP contribution in [0.1, 0.15) is 39.7 Å². The zero-order chi connectivity index (χ0) is 26.6. The standard InChI is InChI=1S/C29H36N2O6/c1-27(2,3)30-15-10-14-29-21(22-26(35)36-16-9-8-13-28(22,4)37-29)24(33)31(23(29)25(30)34)20(18-32)17-19-11-6-5-7-12-19/h5-8,10-14,20-23,32H,9,15-18H2,1-4H3/t20-,21+,22+,23?,28-,29+/m1/s1. The monoisotopic (exact) mass is 508 g/mol. The van der Waals surface area contributed by atoms with E-state index in [2.05, 4.69) is 0 Å². The molecule has 4 aliphatic rings. The second kappa shape index (κ2) is 9.10. The summed E-state index contributed by atoms with van der Waals surface area (Å²) >= 11 is 0. The molecule has 2 fully saturated rings. The van der Waals surface area contributed by atoms with Gasteiger partial charge >= 0.3 is 5.97 Å². The molecule has 8 heteroatoms. The average molecular weight is 509 g/mol. The van der Waals surface area contributed by atoms with E-state index in [1.807, 2.05) is 75.4 Å². The summed E-state index contributed by atoms with van der Waals surface area (Å²) in [6.07, 6.45) is 8.35. The van der Waals surface area contributed by atoms with Gasteiger partial charge in [0.25, 0.3) is 0 Å². The molecule has 0 aromatic heterocycles. The SMILES string of the molecule is CC(C)(C)N1CC=C[C@]23O[C@]4(C)C=CCCOC(=O)[C@@H]4[C@H]2C(=O)N([C@@H](CO)Cc2ccccc2)C3C1=O. The van der Waals surface area contributed by atoms with Crippen LogP contribution in [0.2, 0.25) is 0 Å². The van der Waals surface area contributed by atoms with E-state index in [-0.39, 0.29) is 25.0 Å². The molecule has 0 radical (unpaired) electrons. The first-order valence-electron chi connectivity index (χ1n) is 13.0. The number of rotatable bonds is 4. The fraction of sp³-hybridized carbons (Fsp3) is 0.552. The number of hydrogen-bond donors (Lipinski definition) is 1. The molecule has 0 aliphatic carbocycles. The number of carbonyl (C=O) groups is 3. The highest BCUT2D eigenvalue weighted by atomic mass is 16.6. The van der Waals surface area contributed by atoms with Gasteiger partial charge in [-0.05, 0) is 46.1 Å². The van der Waals surface area contributed by atoms with Gasteiger partial charge in [0.05, 0.1) is 30.8 Å². The van der Waals surface area contributed by atoms with Crippen LogP contribution in [0.3, 0.4) is 0 Å². The first-order chi connectivity index (χ1) is 17.5.